The molecule has 0 saturated carbocycles. The number of carboxylic acid groups (broad SMARTS) is 1. The van der Waals surface area contributed by atoms with Gasteiger partial charge in [-0.15, -0.1) is 0 Å². The van der Waals surface area contributed by atoms with Gasteiger partial charge in [-0.05, 0) is 92.0 Å². The lowest BCUT2D eigenvalue weighted by molar-refractivity contribution is -0.148. The predicted octanol–water partition coefficient (Wildman–Crippen LogP) is 9.25. The van der Waals surface area contributed by atoms with Gasteiger partial charge in [0.1, 0.15) is 5.82 Å². The number of hydrogen-bond acceptors (Lipinski definition) is 1. The van der Waals surface area contributed by atoms with E-state index in [1.54, 1.807) is 12.1 Å². The summed E-state index contributed by atoms with van der Waals surface area (Å²) in [7, 11) is 0. The van der Waals surface area contributed by atoms with Gasteiger partial charge in [-0.3, -0.25) is 4.79 Å². The van der Waals surface area contributed by atoms with Crippen LogP contribution in [0.3, 0.4) is 0 Å². The van der Waals surface area contributed by atoms with E-state index in [1.165, 1.54) is 27.5 Å². The highest BCUT2D eigenvalue weighted by Gasteiger charge is 2.29. The second kappa shape index (κ2) is 13.8. The maximum atomic E-state index is 13.0. The zero-order valence-electron chi connectivity index (χ0n) is 21.9. The fraction of sp³-hybridized carbons (Fsp3) is 0.406. The lowest BCUT2D eigenvalue weighted by Crippen LogP contribution is -2.26. The van der Waals surface area contributed by atoms with E-state index in [1.807, 2.05) is 26.0 Å². The van der Waals surface area contributed by atoms with Gasteiger partial charge in [-0.2, -0.15) is 0 Å². The second-order valence-corrected chi connectivity index (χ2v) is 9.75. The molecular formula is C32H41FO2. The van der Waals surface area contributed by atoms with Crippen LogP contribution in [0, 0.1) is 11.2 Å². The van der Waals surface area contributed by atoms with E-state index in [0.717, 1.165) is 56.9 Å². The molecule has 0 spiro atoms. The van der Waals surface area contributed by atoms with E-state index in [9.17, 15) is 9.18 Å². The molecule has 1 N–H and O–H groups in total. The Morgan fingerprint density at radius 3 is 2.20 bits per heavy atom. The van der Waals surface area contributed by atoms with Gasteiger partial charge in [0.25, 0.3) is 0 Å². The minimum Gasteiger partial charge on any atom is -0.481 e. The van der Waals surface area contributed by atoms with Crippen molar-refractivity contribution in [2.45, 2.75) is 79.1 Å². The van der Waals surface area contributed by atoms with Crippen LogP contribution in [-0.2, 0) is 17.6 Å². The van der Waals surface area contributed by atoms with Crippen molar-refractivity contribution in [1.29, 1.82) is 0 Å². The summed E-state index contributed by atoms with van der Waals surface area (Å²) in [6, 6.07) is 19.8. The fourth-order valence-electron chi connectivity index (χ4n) is 4.29. The number of carboxylic acids is 1. The first kappa shape index (κ1) is 28.3. The Balaban J connectivity index is 0.000000334. The summed E-state index contributed by atoms with van der Waals surface area (Å²) in [5.74, 6) is -0.825. The molecule has 0 aliphatic carbocycles. The topological polar surface area (TPSA) is 37.3 Å². The highest BCUT2D eigenvalue weighted by atomic mass is 19.1. The normalized spacial score (nSPS) is 12.5. The summed E-state index contributed by atoms with van der Waals surface area (Å²) < 4.78 is 13.0. The maximum Gasteiger partial charge on any atom is 0.309 e. The highest BCUT2D eigenvalue weighted by Crippen LogP contribution is 2.29. The third-order valence-corrected chi connectivity index (χ3v) is 6.93. The van der Waals surface area contributed by atoms with Crippen LogP contribution in [0.1, 0.15) is 82.9 Å². The summed E-state index contributed by atoms with van der Waals surface area (Å²) in [6.45, 7) is 12.1. The molecule has 0 radical (unpaired) electrons. The van der Waals surface area contributed by atoms with Gasteiger partial charge in [0.05, 0.1) is 5.41 Å². The average molecular weight is 477 g/mol. The Morgan fingerprint density at radius 2 is 1.60 bits per heavy atom. The number of halogens is 1. The Bertz CT molecular complexity index is 1100. The number of benzene rings is 3. The molecule has 3 aromatic rings. The number of rotatable bonds is 11. The van der Waals surface area contributed by atoms with E-state index >= 15 is 0 Å². The SMILES string of the molecule is C=C(C)c1ccc2ccccc2c1CCCCc1ccc(F)cc1.CCCCC(C)(CC)C(=O)O. The van der Waals surface area contributed by atoms with Crippen molar-refractivity contribution in [2.75, 3.05) is 0 Å². The molecule has 3 heteroatoms. The van der Waals surface area contributed by atoms with Gasteiger partial charge in [0, 0.05) is 0 Å². The van der Waals surface area contributed by atoms with Gasteiger partial charge in [-0.1, -0.05) is 87.4 Å². The fourth-order valence-corrected chi connectivity index (χ4v) is 4.29. The summed E-state index contributed by atoms with van der Waals surface area (Å²) in [5.41, 5.74) is 4.51. The van der Waals surface area contributed by atoms with Crippen molar-refractivity contribution < 1.29 is 14.3 Å². The molecule has 35 heavy (non-hydrogen) atoms. The number of aryl methyl sites for hydroxylation is 2. The molecule has 2 nitrogen and oxygen atoms in total. The first-order chi connectivity index (χ1) is 16.7. The molecule has 0 saturated heterocycles. The van der Waals surface area contributed by atoms with Gasteiger partial charge >= 0.3 is 5.97 Å². The van der Waals surface area contributed by atoms with Gasteiger partial charge in [0.2, 0.25) is 0 Å². The Labute approximate surface area is 210 Å². The van der Waals surface area contributed by atoms with E-state index in [4.69, 9.17) is 5.11 Å². The van der Waals surface area contributed by atoms with Crippen molar-refractivity contribution >= 4 is 22.3 Å². The minimum atomic E-state index is -0.659. The molecule has 0 aliphatic rings. The molecule has 3 rings (SSSR count). The molecule has 0 aromatic heterocycles. The van der Waals surface area contributed by atoms with E-state index < -0.39 is 11.4 Å². The van der Waals surface area contributed by atoms with E-state index in [0.29, 0.717) is 0 Å². The molecule has 0 heterocycles. The maximum absolute atomic E-state index is 13.0. The third-order valence-electron chi connectivity index (χ3n) is 6.93. The number of fused-ring (bicyclic) bond motifs is 1. The van der Waals surface area contributed by atoms with Crippen LogP contribution >= 0.6 is 0 Å². The van der Waals surface area contributed by atoms with Crippen LogP contribution in [0.15, 0.2) is 67.2 Å². The molecular weight excluding hydrogens is 435 g/mol. The smallest absolute Gasteiger partial charge is 0.309 e. The Morgan fingerprint density at radius 1 is 0.943 bits per heavy atom. The first-order valence-electron chi connectivity index (χ1n) is 12.9. The quantitative estimate of drug-likeness (QED) is 0.280. The number of carbonyl (C=O) groups is 1. The molecule has 1 unspecified atom stereocenters. The van der Waals surface area contributed by atoms with Crippen LogP contribution in [0.4, 0.5) is 4.39 Å². The average Bonchev–Trinajstić information content (AvgIpc) is 2.86. The van der Waals surface area contributed by atoms with Crippen LogP contribution in [0.25, 0.3) is 16.3 Å². The standard InChI is InChI=1S/C23H23F.C9H18O2/c1-17(2)21-16-13-19-8-4-6-9-22(19)23(21)10-5-3-7-18-11-14-20(24)15-12-18;1-4-6-7-9(3,5-2)8(10)11/h4,6,8-9,11-16H,1,3,5,7,10H2,2H3;4-7H2,1-3H3,(H,10,11). The van der Waals surface area contributed by atoms with Crippen molar-refractivity contribution in [3.8, 4) is 0 Å². The van der Waals surface area contributed by atoms with Crippen LogP contribution in [-0.4, -0.2) is 11.1 Å². The van der Waals surface area contributed by atoms with Crippen molar-refractivity contribution in [3.63, 3.8) is 0 Å². The first-order valence-corrected chi connectivity index (χ1v) is 12.9. The minimum absolute atomic E-state index is 0.166. The zero-order valence-corrected chi connectivity index (χ0v) is 21.9. The summed E-state index contributed by atoms with van der Waals surface area (Å²) in [4.78, 5) is 10.8. The Hall–Kier alpha value is -2.94. The number of unbranched alkanes of at least 4 members (excludes halogenated alkanes) is 2. The van der Waals surface area contributed by atoms with Crippen LogP contribution in [0.5, 0.6) is 0 Å². The highest BCUT2D eigenvalue weighted by molar-refractivity contribution is 5.90. The number of hydrogen-bond donors (Lipinski definition) is 1. The molecule has 0 fully saturated rings. The second-order valence-electron chi connectivity index (χ2n) is 9.75. The molecule has 3 aromatic carbocycles. The van der Waals surface area contributed by atoms with Crippen molar-refractivity contribution in [1.82, 2.24) is 0 Å². The zero-order chi connectivity index (χ0) is 25.8. The number of allylic oxidation sites excluding steroid dienone is 1. The van der Waals surface area contributed by atoms with Crippen molar-refractivity contribution in [3.05, 3.63) is 89.8 Å². The van der Waals surface area contributed by atoms with Gasteiger partial charge in [-0.25, -0.2) is 4.39 Å². The van der Waals surface area contributed by atoms with Gasteiger partial charge < -0.3 is 5.11 Å². The Kier molecular flexibility index (Phi) is 11.2. The van der Waals surface area contributed by atoms with Crippen LogP contribution < -0.4 is 0 Å². The molecule has 0 bridgehead atoms. The summed E-state index contributed by atoms with van der Waals surface area (Å²) >= 11 is 0. The number of aliphatic carboxylic acids is 1. The van der Waals surface area contributed by atoms with E-state index in [-0.39, 0.29) is 5.82 Å². The molecule has 0 amide bonds. The summed E-state index contributed by atoms with van der Waals surface area (Å²) in [6.07, 6.45) is 7.87. The molecule has 1 atom stereocenters. The molecule has 0 aliphatic heterocycles. The lowest BCUT2D eigenvalue weighted by atomic mass is 9.82. The largest absolute Gasteiger partial charge is 0.481 e. The predicted molar refractivity (Wildman–Crippen MR) is 147 cm³/mol. The van der Waals surface area contributed by atoms with Crippen LogP contribution in [0.2, 0.25) is 0 Å². The molecule has 188 valence electrons. The lowest BCUT2D eigenvalue weighted by Gasteiger charge is -2.22. The van der Waals surface area contributed by atoms with Crippen molar-refractivity contribution in [2.24, 2.45) is 5.41 Å². The summed E-state index contributed by atoms with van der Waals surface area (Å²) in [5, 5.41) is 11.5. The third kappa shape index (κ3) is 8.35. The van der Waals surface area contributed by atoms with E-state index in [2.05, 4.69) is 56.8 Å². The monoisotopic (exact) mass is 476 g/mol. The van der Waals surface area contributed by atoms with Gasteiger partial charge in [0.15, 0.2) is 0 Å².